The monoisotopic (exact) mass is 356 g/mol. The molecule has 0 radical (unpaired) electrons. The zero-order valence-corrected chi connectivity index (χ0v) is 14.4. The van der Waals surface area contributed by atoms with Crippen molar-refractivity contribution in [1.82, 2.24) is 15.2 Å². The summed E-state index contributed by atoms with van der Waals surface area (Å²) in [5.41, 5.74) is 1.83. The minimum absolute atomic E-state index is 0.156. The number of aromatic nitrogens is 1. The van der Waals surface area contributed by atoms with Gasteiger partial charge >= 0.3 is 0 Å². The highest BCUT2D eigenvalue weighted by Crippen LogP contribution is 2.17. The SMILES string of the molecule is O=C(CC(=O)N1CCN(c2ccc(F)cc2)CC1)NCc1cccnc1. The molecule has 0 aliphatic carbocycles. The number of pyridine rings is 1. The molecule has 6 nitrogen and oxygen atoms in total. The van der Waals surface area contributed by atoms with Crippen LogP contribution in [-0.4, -0.2) is 47.9 Å². The Morgan fingerprint density at radius 2 is 1.81 bits per heavy atom. The van der Waals surface area contributed by atoms with Crippen molar-refractivity contribution in [3.63, 3.8) is 0 Å². The molecule has 1 aromatic carbocycles. The van der Waals surface area contributed by atoms with Crippen LogP contribution in [0.2, 0.25) is 0 Å². The van der Waals surface area contributed by atoms with E-state index in [1.807, 2.05) is 6.07 Å². The molecule has 7 heteroatoms. The second kappa shape index (κ2) is 8.42. The summed E-state index contributed by atoms with van der Waals surface area (Å²) in [6, 6.07) is 9.99. The highest BCUT2D eigenvalue weighted by Gasteiger charge is 2.22. The highest BCUT2D eigenvalue weighted by molar-refractivity contribution is 5.96. The fourth-order valence-corrected chi connectivity index (χ4v) is 2.88. The number of carbonyl (C=O) groups excluding carboxylic acids is 2. The number of nitrogens with one attached hydrogen (secondary N) is 1. The van der Waals surface area contributed by atoms with E-state index in [-0.39, 0.29) is 24.1 Å². The van der Waals surface area contributed by atoms with Crippen LogP contribution >= 0.6 is 0 Å². The summed E-state index contributed by atoms with van der Waals surface area (Å²) in [6.45, 7) is 2.78. The van der Waals surface area contributed by atoms with E-state index in [1.54, 1.807) is 35.5 Å². The molecule has 1 aromatic heterocycles. The molecular weight excluding hydrogens is 335 g/mol. The van der Waals surface area contributed by atoms with Gasteiger partial charge in [-0.25, -0.2) is 4.39 Å². The molecule has 1 aliphatic heterocycles. The molecule has 0 saturated carbocycles. The number of carbonyl (C=O) groups is 2. The summed E-state index contributed by atoms with van der Waals surface area (Å²) in [6.07, 6.45) is 3.19. The molecule has 0 atom stereocenters. The minimum Gasteiger partial charge on any atom is -0.368 e. The third-order valence-electron chi connectivity index (χ3n) is 4.35. The number of halogens is 1. The number of benzene rings is 1. The van der Waals surface area contributed by atoms with Gasteiger partial charge in [-0.15, -0.1) is 0 Å². The Bertz CT molecular complexity index is 744. The van der Waals surface area contributed by atoms with Gasteiger partial charge in [0.2, 0.25) is 11.8 Å². The summed E-state index contributed by atoms with van der Waals surface area (Å²) in [4.78, 5) is 32.0. The van der Waals surface area contributed by atoms with E-state index in [4.69, 9.17) is 0 Å². The Morgan fingerprint density at radius 1 is 1.08 bits per heavy atom. The molecule has 0 unspecified atom stereocenters. The summed E-state index contributed by atoms with van der Waals surface area (Å²) >= 11 is 0. The van der Waals surface area contributed by atoms with Crippen molar-refractivity contribution < 1.29 is 14.0 Å². The molecule has 26 heavy (non-hydrogen) atoms. The third-order valence-corrected chi connectivity index (χ3v) is 4.35. The summed E-state index contributed by atoms with van der Waals surface area (Å²) in [5.74, 6) is -0.730. The Balaban J connectivity index is 1.43. The van der Waals surface area contributed by atoms with Crippen LogP contribution in [0.3, 0.4) is 0 Å². The van der Waals surface area contributed by atoms with Crippen molar-refractivity contribution in [3.8, 4) is 0 Å². The molecular formula is C19H21FN4O2. The number of hydrogen-bond donors (Lipinski definition) is 1. The fourth-order valence-electron chi connectivity index (χ4n) is 2.88. The number of hydrogen-bond acceptors (Lipinski definition) is 4. The minimum atomic E-state index is -0.292. The average molecular weight is 356 g/mol. The molecule has 3 rings (SSSR count). The maximum Gasteiger partial charge on any atom is 0.232 e. The Hall–Kier alpha value is -2.96. The second-order valence-corrected chi connectivity index (χ2v) is 6.16. The van der Waals surface area contributed by atoms with Crippen molar-refractivity contribution in [2.24, 2.45) is 0 Å². The van der Waals surface area contributed by atoms with Crippen LogP contribution in [-0.2, 0) is 16.1 Å². The molecule has 2 heterocycles. The van der Waals surface area contributed by atoms with Crippen LogP contribution in [0.25, 0.3) is 0 Å². The van der Waals surface area contributed by atoms with Crippen LogP contribution in [0.15, 0.2) is 48.8 Å². The molecule has 136 valence electrons. The predicted molar refractivity (Wildman–Crippen MR) is 95.9 cm³/mol. The first-order chi connectivity index (χ1) is 12.6. The maximum absolute atomic E-state index is 13.0. The van der Waals surface area contributed by atoms with E-state index in [9.17, 15) is 14.0 Å². The van der Waals surface area contributed by atoms with E-state index in [0.29, 0.717) is 32.7 Å². The molecule has 1 fully saturated rings. The quantitative estimate of drug-likeness (QED) is 0.826. The van der Waals surface area contributed by atoms with Crippen molar-refractivity contribution >= 4 is 17.5 Å². The topological polar surface area (TPSA) is 65.5 Å². The lowest BCUT2D eigenvalue weighted by molar-refractivity contribution is -0.136. The van der Waals surface area contributed by atoms with Gasteiger partial charge in [0.1, 0.15) is 12.2 Å². The largest absolute Gasteiger partial charge is 0.368 e. The molecule has 2 amide bonds. The van der Waals surface area contributed by atoms with Crippen molar-refractivity contribution in [3.05, 3.63) is 60.2 Å². The van der Waals surface area contributed by atoms with Gasteiger partial charge < -0.3 is 15.1 Å². The van der Waals surface area contributed by atoms with E-state index in [0.717, 1.165) is 11.3 Å². The van der Waals surface area contributed by atoms with Gasteiger partial charge in [-0.2, -0.15) is 0 Å². The summed E-state index contributed by atoms with van der Waals surface area (Å²) in [5, 5.41) is 2.74. The Morgan fingerprint density at radius 3 is 2.46 bits per heavy atom. The third kappa shape index (κ3) is 4.78. The van der Waals surface area contributed by atoms with Crippen LogP contribution in [0.1, 0.15) is 12.0 Å². The van der Waals surface area contributed by atoms with Crippen molar-refractivity contribution in [2.75, 3.05) is 31.1 Å². The molecule has 1 saturated heterocycles. The zero-order chi connectivity index (χ0) is 18.4. The van der Waals surface area contributed by atoms with Crippen LogP contribution < -0.4 is 10.2 Å². The summed E-state index contributed by atoms with van der Waals surface area (Å²) in [7, 11) is 0. The lowest BCUT2D eigenvalue weighted by atomic mass is 10.2. The molecule has 0 bridgehead atoms. The van der Waals surface area contributed by atoms with E-state index in [1.165, 1.54) is 12.1 Å². The smallest absolute Gasteiger partial charge is 0.232 e. The predicted octanol–water partition coefficient (Wildman–Crippen LogP) is 1.58. The second-order valence-electron chi connectivity index (χ2n) is 6.16. The molecule has 0 spiro atoms. The number of anilines is 1. The molecule has 2 aromatic rings. The Labute approximate surface area is 151 Å². The molecule has 1 aliphatic rings. The van der Waals surface area contributed by atoms with E-state index in [2.05, 4.69) is 15.2 Å². The van der Waals surface area contributed by atoms with E-state index >= 15 is 0 Å². The first-order valence-electron chi connectivity index (χ1n) is 8.56. The fraction of sp³-hybridized carbons (Fsp3) is 0.316. The van der Waals surface area contributed by atoms with Crippen LogP contribution in [0.4, 0.5) is 10.1 Å². The van der Waals surface area contributed by atoms with Gasteiger partial charge in [0.25, 0.3) is 0 Å². The van der Waals surface area contributed by atoms with E-state index < -0.39 is 0 Å². The van der Waals surface area contributed by atoms with Gasteiger partial charge in [0.05, 0.1) is 0 Å². The van der Waals surface area contributed by atoms with Crippen molar-refractivity contribution in [1.29, 1.82) is 0 Å². The average Bonchev–Trinajstić information content (AvgIpc) is 2.68. The van der Waals surface area contributed by atoms with Gasteiger partial charge in [0.15, 0.2) is 0 Å². The highest BCUT2D eigenvalue weighted by atomic mass is 19.1. The van der Waals surface area contributed by atoms with Crippen LogP contribution in [0, 0.1) is 5.82 Å². The van der Waals surface area contributed by atoms with Gasteiger partial charge in [-0.05, 0) is 35.9 Å². The first-order valence-corrected chi connectivity index (χ1v) is 8.56. The standard InChI is InChI=1S/C19H21FN4O2/c20-16-3-5-17(6-4-16)23-8-10-24(11-9-23)19(26)12-18(25)22-14-15-2-1-7-21-13-15/h1-7,13H,8-12,14H2,(H,22,25). The maximum atomic E-state index is 13.0. The Kier molecular flexibility index (Phi) is 5.78. The number of amides is 2. The van der Waals surface area contributed by atoms with Gasteiger partial charge in [0, 0.05) is 50.8 Å². The lowest BCUT2D eigenvalue weighted by Gasteiger charge is -2.36. The number of nitrogens with zero attached hydrogens (tertiary/aromatic N) is 3. The number of piperazine rings is 1. The van der Waals surface area contributed by atoms with Gasteiger partial charge in [-0.3, -0.25) is 14.6 Å². The van der Waals surface area contributed by atoms with Crippen molar-refractivity contribution in [2.45, 2.75) is 13.0 Å². The van der Waals surface area contributed by atoms with Crippen LogP contribution in [0.5, 0.6) is 0 Å². The number of rotatable bonds is 5. The lowest BCUT2D eigenvalue weighted by Crippen LogP contribution is -2.49. The summed E-state index contributed by atoms with van der Waals surface area (Å²) < 4.78 is 13.0. The van der Waals surface area contributed by atoms with Gasteiger partial charge in [-0.1, -0.05) is 6.07 Å². The zero-order valence-electron chi connectivity index (χ0n) is 14.4. The normalized spacial score (nSPS) is 14.2. The molecule has 1 N–H and O–H groups in total. The first kappa shape index (κ1) is 17.8.